The van der Waals surface area contributed by atoms with Crippen molar-refractivity contribution in [2.75, 3.05) is 17.2 Å². The minimum Gasteiger partial charge on any atom is -0.494 e. The number of ether oxygens (including phenoxy) is 1. The highest BCUT2D eigenvalue weighted by Crippen LogP contribution is 2.18. The zero-order valence-electron chi connectivity index (χ0n) is 14.1. The second kappa shape index (κ2) is 8.31. The molecule has 0 aliphatic heterocycles. The molecule has 0 saturated carbocycles. The molecule has 132 valence electrons. The van der Waals surface area contributed by atoms with Crippen LogP contribution < -0.4 is 15.4 Å². The van der Waals surface area contributed by atoms with Crippen LogP contribution >= 0.6 is 11.6 Å². The highest BCUT2D eigenvalue weighted by molar-refractivity contribution is 6.30. The van der Waals surface area contributed by atoms with Gasteiger partial charge in [0.25, 0.3) is 5.91 Å². The Morgan fingerprint density at radius 1 is 1.00 bits per heavy atom. The van der Waals surface area contributed by atoms with Crippen LogP contribution in [0.1, 0.15) is 17.3 Å². The zero-order valence-corrected chi connectivity index (χ0v) is 14.8. The predicted octanol–water partition coefficient (Wildman–Crippen LogP) is 4.52. The van der Waals surface area contributed by atoms with Gasteiger partial charge in [0.05, 0.1) is 12.2 Å². The lowest BCUT2D eigenvalue weighted by molar-refractivity contribution is 0.102. The van der Waals surface area contributed by atoms with Crippen molar-refractivity contribution < 1.29 is 9.53 Å². The van der Waals surface area contributed by atoms with Crippen LogP contribution in [0.3, 0.4) is 0 Å². The van der Waals surface area contributed by atoms with E-state index in [2.05, 4.69) is 20.6 Å². The summed E-state index contributed by atoms with van der Waals surface area (Å²) in [5.74, 6) is 0.908. The van der Waals surface area contributed by atoms with Gasteiger partial charge in [0.2, 0.25) is 5.95 Å². The molecular formula is C19H17ClN4O2. The predicted molar refractivity (Wildman–Crippen MR) is 102 cm³/mol. The van der Waals surface area contributed by atoms with E-state index in [-0.39, 0.29) is 5.91 Å². The second-order valence-corrected chi connectivity index (χ2v) is 5.78. The molecule has 6 nitrogen and oxygen atoms in total. The fraction of sp³-hybridized carbons (Fsp3) is 0.105. The third-order valence-corrected chi connectivity index (χ3v) is 3.69. The van der Waals surface area contributed by atoms with Crippen molar-refractivity contribution in [1.29, 1.82) is 0 Å². The number of anilines is 3. The van der Waals surface area contributed by atoms with Gasteiger partial charge < -0.3 is 15.4 Å². The second-order valence-electron chi connectivity index (χ2n) is 5.34. The van der Waals surface area contributed by atoms with E-state index >= 15 is 0 Å². The maximum atomic E-state index is 12.2. The van der Waals surface area contributed by atoms with Gasteiger partial charge in [-0.25, -0.2) is 9.97 Å². The molecule has 0 spiro atoms. The molecule has 3 rings (SSSR count). The summed E-state index contributed by atoms with van der Waals surface area (Å²) in [7, 11) is 0. The van der Waals surface area contributed by atoms with Gasteiger partial charge >= 0.3 is 0 Å². The van der Waals surface area contributed by atoms with Crippen molar-refractivity contribution in [2.24, 2.45) is 0 Å². The number of carbonyl (C=O) groups excluding carboxylic acids is 1. The van der Waals surface area contributed by atoms with Gasteiger partial charge in [-0.1, -0.05) is 11.6 Å². The molecule has 0 saturated heterocycles. The smallest absolute Gasteiger partial charge is 0.258 e. The summed E-state index contributed by atoms with van der Waals surface area (Å²) in [4.78, 5) is 20.6. The molecule has 0 unspecified atom stereocenters. The van der Waals surface area contributed by atoms with E-state index in [0.717, 1.165) is 11.4 Å². The van der Waals surface area contributed by atoms with E-state index in [4.69, 9.17) is 16.3 Å². The first-order valence-electron chi connectivity index (χ1n) is 8.03. The van der Waals surface area contributed by atoms with Crippen LogP contribution in [0, 0.1) is 0 Å². The monoisotopic (exact) mass is 368 g/mol. The Labute approximate surface area is 156 Å². The fourth-order valence-corrected chi connectivity index (χ4v) is 2.30. The van der Waals surface area contributed by atoms with E-state index in [1.54, 1.807) is 24.3 Å². The first-order valence-corrected chi connectivity index (χ1v) is 8.40. The van der Waals surface area contributed by atoms with E-state index in [9.17, 15) is 4.79 Å². The summed E-state index contributed by atoms with van der Waals surface area (Å²) in [5, 5.41) is 6.44. The number of aromatic nitrogens is 2. The molecule has 26 heavy (non-hydrogen) atoms. The van der Waals surface area contributed by atoms with Crippen LogP contribution in [-0.2, 0) is 0 Å². The molecule has 1 aromatic heterocycles. The number of hydrogen-bond donors (Lipinski definition) is 2. The highest BCUT2D eigenvalue weighted by atomic mass is 35.5. The molecule has 0 radical (unpaired) electrons. The molecule has 0 fully saturated rings. The lowest BCUT2D eigenvalue weighted by Crippen LogP contribution is -2.13. The largest absolute Gasteiger partial charge is 0.494 e. The zero-order chi connectivity index (χ0) is 18.4. The fourth-order valence-electron chi connectivity index (χ4n) is 2.18. The Bertz CT molecular complexity index is 866. The maximum absolute atomic E-state index is 12.2. The SMILES string of the molecule is CCOc1ccc(Nc2ncc(C(=O)Nc3ccc(Cl)cc3)cn2)cc1. The third-order valence-electron chi connectivity index (χ3n) is 3.44. The Balaban J connectivity index is 1.62. The van der Waals surface area contributed by atoms with Crippen LogP contribution in [0.5, 0.6) is 5.75 Å². The van der Waals surface area contributed by atoms with Crippen molar-refractivity contribution in [1.82, 2.24) is 9.97 Å². The van der Waals surface area contributed by atoms with Gasteiger partial charge in [-0.05, 0) is 55.5 Å². The van der Waals surface area contributed by atoms with E-state index in [1.165, 1.54) is 12.4 Å². The van der Waals surface area contributed by atoms with Gasteiger partial charge in [0, 0.05) is 28.8 Å². The topological polar surface area (TPSA) is 76.1 Å². The molecule has 0 atom stereocenters. The van der Waals surface area contributed by atoms with E-state index in [0.29, 0.717) is 28.8 Å². The van der Waals surface area contributed by atoms with Crippen LogP contribution in [-0.4, -0.2) is 22.5 Å². The molecule has 0 bridgehead atoms. The average Bonchev–Trinajstić information content (AvgIpc) is 2.66. The van der Waals surface area contributed by atoms with Gasteiger partial charge in [-0.3, -0.25) is 4.79 Å². The lowest BCUT2D eigenvalue weighted by atomic mass is 10.3. The molecule has 1 heterocycles. The van der Waals surface area contributed by atoms with Crippen LogP contribution in [0.15, 0.2) is 60.9 Å². The third kappa shape index (κ3) is 4.70. The van der Waals surface area contributed by atoms with Gasteiger partial charge in [0.1, 0.15) is 5.75 Å². The number of nitrogens with zero attached hydrogens (tertiary/aromatic N) is 2. The highest BCUT2D eigenvalue weighted by Gasteiger charge is 2.08. The van der Waals surface area contributed by atoms with Crippen LogP contribution in [0.25, 0.3) is 0 Å². The minimum atomic E-state index is -0.292. The number of nitrogens with one attached hydrogen (secondary N) is 2. The van der Waals surface area contributed by atoms with Gasteiger partial charge in [0.15, 0.2) is 0 Å². The Morgan fingerprint density at radius 3 is 2.23 bits per heavy atom. The molecule has 0 aliphatic rings. The quantitative estimate of drug-likeness (QED) is 0.668. The number of halogens is 1. The average molecular weight is 369 g/mol. The first kappa shape index (κ1) is 17.7. The Morgan fingerprint density at radius 2 is 1.62 bits per heavy atom. The number of carbonyl (C=O) groups is 1. The molecule has 7 heteroatoms. The standard InChI is InChI=1S/C19H17ClN4O2/c1-2-26-17-9-7-16(8-10-17)24-19-21-11-13(12-22-19)18(25)23-15-5-3-14(20)4-6-15/h3-12H,2H2,1H3,(H,23,25)(H,21,22,24). The molecule has 2 N–H and O–H groups in total. The number of rotatable bonds is 6. The van der Waals surface area contributed by atoms with Crippen molar-refractivity contribution in [2.45, 2.75) is 6.92 Å². The summed E-state index contributed by atoms with van der Waals surface area (Å²) < 4.78 is 5.40. The number of amides is 1. The summed E-state index contributed by atoms with van der Waals surface area (Å²) >= 11 is 5.83. The van der Waals surface area contributed by atoms with Crippen molar-refractivity contribution in [3.8, 4) is 5.75 Å². The molecule has 1 amide bonds. The first-order chi connectivity index (χ1) is 12.6. The molecular weight excluding hydrogens is 352 g/mol. The normalized spacial score (nSPS) is 10.2. The number of hydrogen-bond acceptors (Lipinski definition) is 5. The summed E-state index contributed by atoms with van der Waals surface area (Å²) in [6.07, 6.45) is 2.93. The lowest BCUT2D eigenvalue weighted by Gasteiger charge is -2.08. The summed E-state index contributed by atoms with van der Waals surface area (Å²) in [5.41, 5.74) is 1.83. The van der Waals surface area contributed by atoms with Crippen molar-refractivity contribution >= 4 is 34.8 Å². The van der Waals surface area contributed by atoms with Crippen molar-refractivity contribution in [3.05, 3.63) is 71.5 Å². The van der Waals surface area contributed by atoms with Crippen LogP contribution in [0.2, 0.25) is 5.02 Å². The molecule has 0 aliphatic carbocycles. The summed E-state index contributed by atoms with van der Waals surface area (Å²) in [6.45, 7) is 2.56. The Kier molecular flexibility index (Phi) is 5.66. The maximum Gasteiger partial charge on any atom is 0.258 e. The van der Waals surface area contributed by atoms with E-state index < -0.39 is 0 Å². The van der Waals surface area contributed by atoms with Crippen molar-refractivity contribution in [3.63, 3.8) is 0 Å². The van der Waals surface area contributed by atoms with Gasteiger partial charge in [-0.15, -0.1) is 0 Å². The van der Waals surface area contributed by atoms with E-state index in [1.807, 2.05) is 31.2 Å². The minimum absolute atomic E-state index is 0.292. The summed E-state index contributed by atoms with van der Waals surface area (Å²) in [6, 6.07) is 14.3. The van der Waals surface area contributed by atoms with Gasteiger partial charge in [-0.2, -0.15) is 0 Å². The molecule has 2 aromatic carbocycles. The Hall–Kier alpha value is -3.12. The molecule has 3 aromatic rings. The van der Waals surface area contributed by atoms with Crippen LogP contribution in [0.4, 0.5) is 17.3 Å². The number of benzene rings is 2.